The summed E-state index contributed by atoms with van der Waals surface area (Å²) in [6, 6.07) is 2.40. The zero-order valence-corrected chi connectivity index (χ0v) is 12.3. The summed E-state index contributed by atoms with van der Waals surface area (Å²) >= 11 is 0. The minimum Gasteiger partial charge on any atom is -0.0625 e. The van der Waals surface area contributed by atoms with Gasteiger partial charge < -0.3 is 0 Å². The second-order valence-electron chi connectivity index (χ2n) is 6.85. The molecule has 0 radical (unpaired) electrons. The SMILES string of the molecule is Cc1cc(C)c2c(c1C)C1CCC(C)CC1CC2. The number of aryl methyl sites for hydroxylation is 2. The molecule has 0 heterocycles. The smallest absolute Gasteiger partial charge is 0.0128 e. The highest BCUT2D eigenvalue weighted by Crippen LogP contribution is 2.48. The molecule has 0 spiro atoms. The van der Waals surface area contributed by atoms with Crippen molar-refractivity contribution in [3.63, 3.8) is 0 Å². The Morgan fingerprint density at radius 2 is 1.78 bits per heavy atom. The molecule has 0 bridgehead atoms. The minimum atomic E-state index is 0.878. The van der Waals surface area contributed by atoms with Crippen LogP contribution in [0.1, 0.15) is 66.3 Å². The molecule has 0 amide bonds. The van der Waals surface area contributed by atoms with Gasteiger partial charge in [-0.1, -0.05) is 19.4 Å². The molecule has 0 aliphatic heterocycles. The Hall–Kier alpha value is -0.780. The van der Waals surface area contributed by atoms with E-state index in [1.165, 1.54) is 37.7 Å². The topological polar surface area (TPSA) is 0 Å². The summed E-state index contributed by atoms with van der Waals surface area (Å²) in [5.74, 6) is 2.81. The van der Waals surface area contributed by atoms with E-state index < -0.39 is 0 Å². The molecule has 2 aliphatic carbocycles. The van der Waals surface area contributed by atoms with Gasteiger partial charge in [-0.15, -0.1) is 0 Å². The van der Waals surface area contributed by atoms with Gasteiger partial charge in [-0.25, -0.2) is 0 Å². The summed E-state index contributed by atoms with van der Waals surface area (Å²) < 4.78 is 0. The average Bonchev–Trinajstić information content (AvgIpc) is 2.34. The van der Waals surface area contributed by atoms with Crippen LogP contribution in [0.3, 0.4) is 0 Å². The molecule has 2 aliphatic rings. The monoisotopic (exact) mass is 242 g/mol. The van der Waals surface area contributed by atoms with Crippen molar-refractivity contribution < 1.29 is 0 Å². The Morgan fingerprint density at radius 3 is 2.56 bits per heavy atom. The molecule has 1 saturated carbocycles. The van der Waals surface area contributed by atoms with Crippen LogP contribution in [0.5, 0.6) is 0 Å². The predicted molar refractivity (Wildman–Crippen MR) is 78.2 cm³/mol. The molecule has 0 N–H and O–H groups in total. The molecule has 0 nitrogen and oxygen atoms in total. The van der Waals surface area contributed by atoms with E-state index in [4.69, 9.17) is 0 Å². The molecule has 0 saturated heterocycles. The largest absolute Gasteiger partial charge is 0.0625 e. The molecule has 98 valence electrons. The van der Waals surface area contributed by atoms with Crippen molar-refractivity contribution >= 4 is 0 Å². The molecular formula is C18H26. The summed E-state index contributed by atoms with van der Waals surface area (Å²) in [6.07, 6.45) is 7.10. The first-order valence-corrected chi connectivity index (χ1v) is 7.67. The summed E-state index contributed by atoms with van der Waals surface area (Å²) in [5.41, 5.74) is 8.11. The number of hydrogen-bond acceptors (Lipinski definition) is 0. The van der Waals surface area contributed by atoms with Crippen molar-refractivity contribution in [2.45, 2.75) is 65.7 Å². The fraction of sp³-hybridized carbons (Fsp3) is 0.667. The second-order valence-corrected chi connectivity index (χ2v) is 6.85. The molecular weight excluding hydrogens is 216 g/mol. The van der Waals surface area contributed by atoms with Crippen molar-refractivity contribution in [2.24, 2.45) is 11.8 Å². The third-order valence-electron chi connectivity index (χ3n) is 5.61. The van der Waals surface area contributed by atoms with E-state index in [0.717, 1.165) is 17.8 Å². The second kappa shape index (κ2) is 4.40. The van der Waals surface area contributed by atoms with Gasteiger partial charge in [0.15, 0.2) is 0 Å². The molecule has 1 aromatic rings. The van der Waals surface area contributed by atoms with E-state index >= 15 is 0 Å². The zero-order valence-electron chi connectivity index (χ0n) is 12.3. The van der Waals surface area contributed by atoms with E-state index in [-0.39, 0.29) is 0 Å². The van der Waals surface area contributed by atoms with Crippen molar-refractivity contribution in [1.82, 2.24) is 0 Å². The number of benzene rings is 1. The highest BCUT2D eigenvalue weighted by Gasteiger charge is 2.35. The van der Waals surface area contributed by atoms with E-state index in [1.54, 1.807) is 22.3 Å². The highest BCUT2D eigenvalue weighted by molar-refractivity contribution is 5.48. The van der Waals surface area contributed by atoms with Crippen LogP contribution in [0.4, 0.5) is 0 Å². The summed E-state index contributed by atoms with van der Waals surface area (Å²) in [4.78, 5) is 0. The summed E-state index contributed by atoms with van der Waals surface area (Å²) in [6.45, 7) is 9.41. The Morgan fingerprint density at radius 1 is 1.00 bits per heavy atom. The number of hydrogen-bond donors (Lipinski definition) is 0. The number of fused-ring (bicyclic) bond motifs is 3. The van der Waals surface area contributed by atoms with Crippen LogP contribution < -0.4 is 0 Å². The Kier molecular flexibility index (Phi) is 3.00. The molecule has 3 rings (SSSR count). The Balaban J connectivity index is 2.08. The fourth-order valence-electron chi connectivity index (χ4n) is 4.53. The van der Waals surface area contributed by atoms with Crippen LogP contribution in [0.25, 0.3) is 0 Å². The van der Waals surface area contributed by atoms with Gasteiger partial charge in [0.25, 0.3) is 0 Å². The van der Waals surface area contributed by atoms with Gasteiger partial charge in [-0.2, -0.15) is 0 Å². The van der Waals surface area contributed by atoms with Crippen molar-refractivity contribution in [1.29, 1.82) is 0 Å². The highest BCUT2D eigenvalue weighted by atomic mass is 14.4. The van der Waals surface area contributed by atoms with E-state index in [1.807, 2.05) is 0 Å². The van der Waals surface area contributed by atoms with Gasteiger partial charge in [0.1, 0.15) is 0 Å². The van der Waals surface area contributed by atoms with Gasteiger partial charge in [-0.3, -0.25) is 0 Å². The maximum absolute atomic E-state index is 2.44. The van der Waals surface area contributed by atoms with Crippen LogP contribution in [0, 0.1) is 32.6 Å². The first-order chi connectivity index (χ1) is 8.58. The van der Waals surface area contributed by atoms with E-state index in [0.29, 0.717) is 0 Å². The summed E-state index contributed by atoms with van der Waals surface area (Å²) in [5, 5.41) is 0. The molecule has 3 atom stereocenters. The van der Waals surface area contributed by atoms with Crippen LogP contribution in [0.15, 0.2) is 6.07 Å². The molecule has 1 fully saturated rings. The quantitative estimate of drug-likeness (QED) is 0.595. The lowest BCUT2D eigenvalue weighted by atomic mass is 9.64. The van der Waals surface area contributed by atoms with Crippen LogP contribution in [-0.2, 0) is 6.42 Å². The van der Waals surface area contributed by atoms with Gasteiger partial charge in [0.2, 0.25) is 0 Å². The lowest BCUT2D eigenvalue weighted by Gasteiger charge is -2.41. The predicted octanol–water partition coefficient (Wildman–Crippen LogP) is 5.08. The normalized spacial score (nSPS) is 30.8. The lowest BCUT2D eigenvalue weighted by molar-refractivity contribution is 0.220. The molecule has 18 heavy (non-hydrogen) atoms. The number of rotatable bonds is 0. The van der Waals surface area contributed by atoms with Crippen LogP contribution in [-0.4, -0.2) is 0 Å². The van der Waals surface area contributed by atoms with Crippen molar-refractivity contribution in [3.05, 3.63) is 33.9 Å². The first-order valence-electron chi connectivity index (χ1n) is 7.67. The average molecular weight is 242 g/mol. The molecule has 0 heteroatoms. The van der Waals surface area contributed by atoms with E-state index in [9.17, 15) is 0 Å². The molecule has 1 aromatic carbocycles. The Labute approximate surface area is 112 Å². The maximum Gasteiger partial charge on any atom is -0.0128 e. The maximum atomic E-state index is 2.44. The third-order valence-corrected chi connectivity index (χ3v) is 5.61. The first kappa shape index (κ1) is 12.3. The third kappa shape index (κ3) is 1.81. The zero-order chi connectivity index (χ0) is 12.9. The molecule has 3 unspecified atom stereocenters. The minimum absolute atomic E-state index is 0.878. The van der Waals surface area contributed by atoms with Crippen molar-refractivity contribution in [2.75, 3.05) is 0 Å². The van der Waals surface area contributed by atoms with Gasteiger partial charge in [0.05, 0.1) is 0 Å². The van der Waals surface area contributed by atoms with Gasteiger partial charge in [0, 0.05) is 0 Å². The van der Waals surface area contributed by atoms with Crippen molar-refractivity contribution in [3.8, 4) is 0 Å². The fourth-order valence-corrected chi connectivity index (χ4v) is 4.53. The Bertz CT molecular complexity index is 469. The van der Waals surface area contributed by atoms with Crippen LogP contribution in [0.2, 0.25) is 0 Å². The lowest BCUT2D eigenvalue weighted by Crippen LogP contribution is -2.28. The van der Waals surface area contributed by atoms with Crippen LogP contribution >= 0.6 is 0 Å². The van der Waals surface area contributed by atoms with E-state index in [2.05, 4.69) is 33.8 Å². The molecule has 0 aromatic heterocycles. The van der Waals surface area contributed by atoms with Gasteiger partial charge >= 0.3 is 0 Å². The summed E-state index contributed by atoms with van der Waals surface area (Å²) in [7, 11) is 0. The standard InChI is InChI=1S/C18H26/c1-11-5-7-17-15(9-11)6-8-16-13(3)10-12(2)14(4)18(16)17/h10-11,15,17H,5-9H2,1-4H3. The van der Waals surface area contributed by atoms with Gasteiger partial charge in [-0.05, 0) is 92.0 Å².